The molecular formula is C17H16ClFN4S. The SMILES string of the molecule is Cc1cccc(NC2=NCCN2C(=S)Nc2cccc(F)c2)c1Cl. The van der Waals surface area contributed by atoms with Gasteiger partial charge in [-0.15, -0.1) is 0 Å². The first-order valence-electron chi connectivity index (χ1n) is 7.45. The van der Waals surface area contributed by atoms with Crippen molar-refractivity contribution in [1.29, 1.82) is 0 Å². The van der Waals surface area contributed by atoms with E-state index in [4.69, 9.17) is 23.8 Å². The third kappa shape index (κ3) is 3.66. The topological polar surface area (TPSA) is 39.7 Å². The van der Waals surface area contributed by atoms with E-state index in [1.807, 2.05) is 30.0 Å². The number of halogens is 2. The standard InChI is InChI=1S/C17H16ClFN4S/c1-11-4-2-7-14(15(11)18)22-16-20-8-9-23(16)17(24)21-13-6-3-5-12(19)10-13/h2-7,10H,8-9H2,1H3,(H,20,22)(H,21,24). The quantitative estimate of drug-likeness (QED) is 0.783. The van der Waals surface area contributed by atoms with Gasteiger partial charge in [0.15, 0.2) is 5.11 Å². The van der Waals surface area contributed by atoms with Crippen LogP contribution in [0.4, 0.5) is 15.8 Å². The summed E-state index contributed by atoms with van der Waals surface area (Å²) in [6.07, 6.45) is 0. The Kier molecular flexibility index (Phi) is 4.97. The molecule has 0 amide bonds. The van der Waals surface area contributed by atoms with Crippen LogP contribution < -0.4 is 10.6 Å². The number of guanidine groups is 1. The molecule has 0 spiro atoms. The van der Waals surface area contributed by atoms with Gasteiger partial charge in [-0.25, -0.2) is 4.39 Å². The van der Waals surface area contributed by atoms with Crippen LogP contribution in [-0.2, 0) is 0 Å². The molecule has 0 atom stereocenters. The molecule has 1 aliphatic heterocycles. The number of hydrogen-bond acceptors (Lipinski definition) is 3. The van der Waals surface area contributed by atoms with Gasteiger partial charge in [-0.3, -0.25) is 9.89 Å². The Labute approximate surface area is 150 Å². The Morgan fingerprint density at radius 3 is 2.88 bits per heavy atom. The average Bonchev–Trinajstić information content (AvgIpc) is 3.00. The Balaban J connectivity index is 1.73. The maximum atomic E-state index is 13.3. The lowest BCUT2D eigenvalue weighted by atomic mass is 10.2. The predicted octanol–water partition coefficient (Wildman–Crippen LogP) is 4.27. The molecule has 0 saturated heterocycles. The minimum Gasteiger partial charge on any atom is -0.332 e. The summed E-state index contributed by atoms with van der Waals surface area (Å²) in [5.41, 5.74) is 2.35. The van der Waals surface area contributed by atoms with Crippen LogP contribution in [0.2, 0.25) is 5.02 Å². The lowest BCUT2D eigenvalue weighted by Gasteiger charge is -2.23. The maximum Gasteiger partial charge on any atom is 0.204 e. The monoisotopic (exact) mass is 362 g/mol. The number of anilines is 2. The van der Waals surface area contributed by atoms with Gasteiger partial charge in [0.1, 0.15) is 5.82 Å². The smallest absolute Gasteiger partial charge is 0.204 e. The average molecular weight is 363 g/mol. The molecule has 0 saturated carbocycles. The van der Waals surface area contributed by atoms with Crippen LogP contribution in [0.3, 0.4) is 0 Å². The van der Waals surface area contributed by atoms with E-state index in [0.29, 0.717) is 34.9 Å². The summed E-state index contributed by atoms with van der Waals surface area (Å²) >= 11 is 11.7. The number of nitrogens with one attached hydrogen (secondary N) is 2. The largest absolute Gasteiger partial charge is 0.332 e. The summed E-state index contributed by atoms with van der Waals surface area (Å²) in [6.45, 7) is 3.21. The number of rotatable bonds is 2. The fourth-order valence-corrected chi connectivity index (χ4v) is 2.84. The van der Waals surface area contributed by atoms with E-state index in [9.17, 15) is 4.39 Å². The van der Waals surface area contributed by atoms with Crippen molar-refractivity contribution >= 4 is 46.3 Å². The highest BCUT2D eigenvalue weighted by Gasteiger charge is 2.22. The van der Waals surface area contributed by atoms with Gasteiger partial charge >= 0.3 is 0 Å². The molecular weight excluding hydrogens is 347 g/mol. The van der Waals surface area contributed by atoms with Crippen molar-refractivity contribution in [2.75, 3.05) is 23.7 Å². The van der Waals surface area contributed by atoms with Gasteiger partial charge in [-0.05, 0) is 49.0 Å². The van der Waals surface area contributed by atoms with Crippen LogP contribution in [-0.4, -0.2) is 29.1 Å². The van der Waals surface area contributed by atoms with Gasteiger partial charge in [0.25, 0.3) is 0 Å². The van der Waals surface area contributed by atoms with Crippen molar-refractivity contribution in [2.45, 2.75) is 6.92 Å². The summed E-state index contributed by atoms with van der Waals surface area (Å²) in [7, 11) is 0. The van der Waals surface area contributed by atoms with E-state index in [-0.39, 0.29) is 5.82 Å². The molecule has 2 N–H and O–H groups in total. The number of thiocarbonyl (C=S) groups is 1. The fraction of sp³-hybridized carbons (Fsp3) is 0.176. The first kappa shape index (κ1) is 16.7. The molecule has 124 valence electrons. The Morgan fingerprint density at radius 2 is 2.08 bits per heavy atom. The molecule has 0 radical (unpaired) electrons. The number of nitrogens with zero attached hydrogens (tertiary/aromatic N) is 2. The number of benzene rings is 2. The van der Waals surface area contributed by atoms with Gasteiger partial charge in [0.2, 0.25) is 5.96 Å². The Hall–Kier alpha value is -2.18. The van der Waals surface area contributed by atoms with E-state index in [2.05, 4.69) is 15.6 Å². The molecule has 0 fully saturated rings. The van der Waals surface area contributed by atoms with Crippen molar-refractivity contribution in [3.8, 4) is 0 Å². The minimum atomic E-state index is -0.317. The molecule has 0 aliphatic carbocycles. The van der Waals surface area contributed by atoms with E-state index < -0.39 is 0 Å². The van der Waals surface area contributed by atoms with Gasteiger partial charge in [-0.2, -0.15) is 0 Å². The summed E-state index contributed by atoms with van der Waals surface area (Å²) in [4.78, 5) is 6.27. The molecule has 0 bridgehead atoms. The fourth-order valence-electron chi connectivity index (χ4n) is 2.37. The van der Waals surface area contributed by atoms with Gasteiger partial charge in [0.05, 0.1) is 17.3 Å². The van der Waals surface area contributed by atoms with Crippen LogP contribution >= 0.6 is 23.8 Å². The third-order valence-electron chi connectivity index (χ3n) is 3.60. The first-order chi connectivity index (χ1) is 11.5. The normalized spacial score (nSPS) is 13.6. The summed E-state index contributed by atoms with van der Waals surface area (Å²) in [5.74, 6) is 0.305. The van der Waals surface area contributed by atoms with Crippen LogP contribution in [0.5, 0.6) is 0 Å². The van der Waals surface area contributed by atoms with E-state index in [0.717, 1.165) is 11.3 Å². The molecule has 2 aromatic rings. The lowest BCUT2D eigenvalue weighted by Crippen LogP contribution is -2.41. The van der Waals surface area contributed by atoms with Crippen molar-refractivity contribution in [1.82, 2.24) is 4.90 Å². The summed E-state index contributed by atoms with van der Waals surface area (Å²) < 4.78 is 13.3. The van der Waals surface area contributed by atoms with Gasteiger partial charge < -0.3 is 10.6 Å². The van der Waals surface area contributed by atoms with Gasteiger partial charge in [-0.1, -0.05) is 29.8 Å². The molecule has 7 heteroatoms. The lowest BCUT2D eigenvalue weighted by molar-refractivity contribution is 0.628. The second-order valence-electron chi connectivity index (χ2n) is 5.36. The molecule has 3 rings (SSSR count). The number of aliphatic imine (C=N–C) groups is 1. The summed E-state index contributed by atoms with van der Waals surface area (Å²) in [5, 5.41) is 7.35. The van der Waals surface area contributed by atoms with Crippen LogP contribution in [0.15, 0.2) is 47.5 Å². The molecule has 4 nitrogen and oxygen atoms in total. The van der Waals surface area contributed by atoms with Crippen LogP contribution in [0.1, 0.15) is 5.56 Å². The highest BCUT2D eigenvalue weighted by Crippen LogP contribution is 2.26. The van der Waals surface area contributed by atoms with Crippen LogP contribution in [0.25, 0.3) is 0 Å². The molecule has 0 unspecified atom stereocenters. The second kappa shape index (κ2) is 7.15. The highest BCUT2D eigenvalue weighted by atomic mass is 35.5. The Morgan fingerprint density at radius 1 is 1.29 bits per heavy atom. The number of hydrogen-bond donors (Lipinski definition) is 2. The van der Waals surface area contributed by atoms with Crippen molar-refractivity contribution in [3.05, 3.63) is 58.9 Å². The van der Waals surface area contributed by atoms with E-state index in [1.165, 1.54) is 12.1 Å². The van der Waals surface area contributed by atoms with E-state index in [1.54, 1.807) is 12.1 Å². The van der Waals surface area contributed by atoms with Crippen molar-refractivity contribution in [2.24, 2.45) is 4.99 Å². The second-order valence-corrected chi connectivity index (χ2v) is 6.12. The maximum absolute atomic E-state index is 13.3. The predicted molar refractivity (Wildman–Crippen MR) is 101 cm³/mol. The third-order valence-corrected chi connectivity index (χ3v) is 4.42. The molecule has 0 aromatic heterocycles. The molecule has 1 aliphatic rings. The van der Waals surface area contributed by atoms with Crippen molar-refractivity contribution in [3.63, 3.8) is 0 Å². The molecule has 24 heavy (non-hydrogen) atoms. The first-order valence-corrected chi connectivity index (χ1v) is 8.24. The van der Waals surface area contributed by atoms with E-state index >= 15 is 0 Å². The molecule has 2 aromatic carbocycles. The summed E-state index contributed by atoms with van der Waals surface area (Å²) in [6, 6.07) is 11.9. The zero-order chi connectivity index (χ0) is 17.1. The van der Waals surface area contributed by atoms with Crippen molar-refractivity contribution < 1.29 is 4.39 Å². The zero-order valence-corrected chi connectivity index (χ0v) is 14.6. The number of aryl methyl sites for hydroxylation is 1. The minimum absolute atomic E-state index is 0.317. The highest BCUT2D eigenvalue weighted by molar-refractivity contribution is 7.80. The van der Waals surface area contributed by atoms with Gasteiger partial charge in [0, 0.05) is 12.2 Å². The zero-order valence-electron chi connectivity index (χ0n) is 13.0. The van der Waals surface area contributed by atoms with Crippen LogP contribution in [0, 0.1) is 12.7 Å². The molecule has 1 heterocycles. The Bertz CT molecular complexity index is 809.